The fraction of sp³-hybridized carbons (Fsp3) is 0.368. The summed E-state index contributed by atoms with van der Waals surface area (Å²) < 4.78 is 1.63. The molecule has 0 unspecified atom stereocenters. The van der Waals surface area contributed by atoms with Gasteiger partial charge in [-0.3, -0.25) is 19.1 Å². The highest BCUT2D eigenvalue weighted by Gasteiger charge is 2.22. The molecule has 25 heavy (non-hydrogen) atoms. The Kier molecular flexibility index (Phi) is 4.21. The number of carbonyl (C=O) groups excluding carboxylic acids is 1. The van der Waals surface area contributed by atoms with Crippen LogP contribution >= 0.6 is 11.3 Å². The van der Waals surface area contributed by atoms with E-state index in [0.717, 1.165) is 29.5 Å². The van der Waals surface area contributed by atoms with E-state index < -0.39 is 0 Å². The first kappa shape index (κ1) is 16.1. The average molecular weight is 353 g/mol. The Morgan fingerprint density at radius 2 is 2.12 bits per heavy atom. The molecule has 3 aromatic heterocycles. The highest BCUT2D eigenvalue weighted by Crippen LogP contribution is 2.34. The second-order valence-electron chi connectivity index (χ2n) is 6.45. The molecule has 1 aliphatic carbocycles. The van der Waals surface area contributed by atoms with E-state index in [2.05, 4.69) is 4.98 Å². The van der Waals surface area contributed by atoms with Crippen molar-refractivity contribution in [2.24, 2.45) is 0 Å². The van der Waals surface area contributed by atoms with Crippen molar-refractivity contribution in [1.29, 1.82) is 0 Å². The molecule has 0 saturated heterocycles. The fourth-order valence-electron chi connectivity index (χ4n) is 3.41. The van der Waals surface area contributed by atoms with Crippen LogP contribution in [0.15, 0.2) is 29.2 Å². The van der Waals surface area contributed by atoms with Crippen molar-refractivity contribution in [2.75, 3.05) is 0 Å². The molecule has 0 N–H and O–H groups in total. The van der Waals surface area contributed by atoms with Gasteiger partial charge in [-0.15, -0.1) is 11.3 Å². The van der Waals surface area contributed by atoms with Crippen molar-refractivity contribution in [1.82, 2.24) is 14.5 Å². The average Bonchev–Trinajstić information content (AvgIpc) is 3.00. The second kappa shape index (κ2) is 6.52. The van der Waals surface area contributed by atoms with E-state index in [0.29, 0.717) is 24.5 Å². The maximum atomic E-state index is 13.3. The smallest absolute Gasteiger partial charge is 0.262 e. The first-order chi connectivity index (χ1) is 12.1. The fourth-order valence-corrected chi connectivity index (χ4v) is 4.66. The summed E-state index contributed by atoms with van der Waals surface area (Å²) >= 11 is 1.64. The van der Waals surface area contributed by atoms with Crippen LogP contribution in [0.2, 0.25) is 0 Å². The molecule has 0 fully saturated rings. The van der Waals surface area contributed by atoms with Gasteiger partial charge in [-0.25, -0.2) is 4.98 Å². The number of aryl methyl sites for hydroxylation is 2. The number of thiophene rings is 1. The maximum absolute atomic E-state index is 13.3. The van der Waals surface area contributed by atoms with Crippen LogP contribution in [0.5, 0.6) is 0 Å². The predicted octanol–water partition coefficient (Wildman–Crippen LogP) is 3.38. The normalized spacial score (nSPS) is 13.8. The maximum Gasteiger partial charge on any atom is 0.262 e. The van der Waals surface area contributed by atoms with Crippen molar-refractivity contribution in [3.05, 3.63) is 45.2 Å². The second-order valence-corrected chi connectivity index (χ2v) is 7.53. The molecule has 4 rings (SSSR count). The zero-order valence-electron chi connectivity index (χ0n) is 14.1. The van der Waals surface area contributed by atoms with Crippen LogP contribution in [0.3, 0.4) is 0 Å². The lowest BCUT2D eigenvalue weighted by Crippen LogP contribution is -2.25. The zero-order chi connectivity index (χ0) is 17.4. The molecular weight excluding hydrogens is 334 g/mol. The van der Waals surface area contributed by atoms with E-state index in [1.165, 1.54) is 16.9 Å². The van der Waals surface area contributed by atoms with Crippen LogP contribution in [0, 0.1) is 0 Å². The standard InChI is InChI=1S/C19H19N3O2S/c1-12(23)9-11-22-17(14-7-4-5-10-20-14)21-18-16(19(22)24)13-6-2-3-8-15(13)25-18/h4-5,7,10H,2-3,6,8-9,11H2,1H3. The third-order valence-electron chi connectivity index (χ3n) is 4.66. The van der Waals surface area contributed by atoms with Gasteiger partial charge in [0.2, 0.25) is 0 Å². The van der Waals surface area contributed by atoms with Crippen LogP contribution in [0.4, 0.5) is 0 Å². The molecule has 128 valence electrons. The molecule has 0 spiro atoms. The van der Waals surface area contributed by atoms with E-state index in [-0.39, 0.29) is 11.3 Å². The highest BCUT2D eigenvalue weighted by atomic mass is 32.1. The Bertz CT molecular complexity index is 1000. The summed E-state index contributed by atoms with van der Waals surface area (Å²) in [4.78, 5) is 36.0. The molecule has 3 aromatic rings. The number of rotatable bonds is 4. The molecule has 0 atom stereocenters. The first-order valence-electron chi connectivity index (χ1n) is 8.61. The number of hydrogen-bond acceptors (Lipinski definition) is 5. The SMILES string of the molecule is CC(=O)CCn1c(-c2ccccn2)nc2sc3c(c2c1=O)CCCC3. The lowest BCUT2D eigenvalue weighted by Gasteiger charge is -2.13. The molecule has 5 nitrogen and oxygen atoms in total. The van der Waals surface area contributed by atoms with Crippen molar-refractivity contribution < 1.29 is 4.79 Å². The zero-order valence-corrected chi connectivity index (χ0v) is 14.9. The summed E-state index contributed by atoms with van der Waals surface area (Å²) in [5, 5.41) is 0.753. The summed E-state index contributed by atoms with van der Waals surface area (Å²) in [6.45, 7) is 1.89. The number of nitrogens with zero attached hydrogens (tertiary/aromatic N) is 3. The van der Waals surface area contributed by atoms with Gasteiger partial charge in [-0.2, -0.15) is 0 Å². The van der Waals surface area contributed by atoms with Gasteiger partial charge in [-0.1, -0.05) is 6.07 Å². The molecule has 0 bridgehead atoms. The molecule has 0 aliphatic heterocycles. The minimum absolute atomic E-state index is 0.0358. The predicted molar refractivity (Wildman–Crippen MR) is 99.1 cm³/mol. The molecule has 3 heterocycles. The van der Waals surface area contributed by atoms with Gasteiger partial charge in [0.15, 0.2) is 5.82 Å². The monoisotopic (exact) mass is 353 g/mol. The van der Waals surface area contributed by atoms with Crippen molar-refractivity contribution >= 4 is 27.3 Å². The van der Waals surface area contributed by atoms with E-state index in [1.54, 1.807) is 29.0 Å². The topological polar surface area (TPSA) is 64.8 Å². The van der Waals surface area contributed by atoms with Crippen molar-refractivity contribution in [2.45, 2.75) is 45.6 Å². The van der Waals surface area contributed by atoms with E-state index >= 15 is 0 Å². The lowest BCUT2D eigenvalue weighted by atomic mass is 9.97. The molecule has 0 radical (unpaired) electrons. The first-order valence-corrected chi connectivity index (χ1v) is 9.42. The third kappa shape index (κ3) is 2.91. The van der Waals surface area contributed by atoms with Gasteiger partial charge in [0.05, 0.1) is 5.39 Å². The quantitative estimate of drug-likeness (QED) is 0.721. The molecule has 0 amide bonds. The van der Waals surface area contributed by atoms with Gasteiger partial charge >= 0.3 is 0 Å². The summed E-state index contributed by atoms with van der Waals surface area (Å²) in [7, 11) is 0. The summed E-state index contributed by atoms with van der Waals surface area (Å²) in [6.07, 6.45) is 6.28. The van der Waals surface area contributed by atoms with Gasteiger partial charge < -0.3 is 0 Å². The lowest BCUT2D eigenvalue weighted by molar-refractivity contribution is -0.117. The Morgan fingerprint density at radius 1 is 1.28 bits per heavy atom. The van der Waals surface area contributed by atoms with E-state index in [1.807, 2.05) is 18.2 Å². The summed E-state index contributed by atoms with van der Waals surface area (Å²) in [5.41, 5.74) is 1.80. The van der Waals surface area contributed by atoms with Gasteiger partial charge in [0, 0.05) is 24.0 Å². The molecule has 6 heteroatoms. The van der Waals surface area contributed by atoms with Crippen molar-refractivity contribution in [3.8, 4) is 11.5 Å². The highest BCUT2D eigenvalue weighted by molar-refractivity contribution is 7.18. The number of ketones is 1. The van der Waals surface area contributed by atoms with Crippen LogP contribution in [0.1, 0.15) is 36.6 Å². The minimum atomic E-state index is -0.0358. The van der Waals surface area contributed by atoms with Gasteiger partial charge in [0.1, 0.15) is 16.3 Å². The Labute approximate surface area is 149 Å². The third-order valence-corrected chi connectivity index (χ3v) is 5.84. The summed E-state index contributed by atoms with van der Waals surface area (Å²) in [5.74, 6) is 0.615. The molecule has 1 aliphatic rings. The number of pyridine rings is 1. The number of Topliss-reactive ketones (excluding diaryl/α,β-unsaturated/α-hetero) is 1. The number of aromatic nitrogens is 3. The van der Waals surface area contributed by atoms with Crippen LogP contribution in [-0.2, 0) is 24.2 Å². The Hall–Kier alpha value is -2.34. The van der Waals surface area contributed by atoms with E-state index in [9.17, 15) is 9.59 Å². The molecule has 0 saturated carbocycles. The van der Waals surface area contributed by atoms with Gasteiger partial charge in [-0.05, 0) is 50.3 Å². The van der Waals surface area contributed by atoms with Crippen molar-refractivity contribution in [3.63, 3.8) is 0 Å². The molecule has 0 aromatic carbocycles. The number of carbonyl (C=O) groups is 1. The summed E-state index contributed by atoms with van der Waals surface area (Å²) in [6, 6.07) is 5.57. The molecular formula is C19H19N3O2S. The Balaban J connectivity index is 1.97. The van der Waals surface area contributed by atoms with E-state index in [4.69, 9.17) is 4.98 Å². The van der Waals surface area contributed by atoms with Crippen LogP contribution in [0.25, 0.3) is 21.7 Å². The number of hydrogen-bond donors (Lipinski definition) is 0. The van der Waals surface area contributed by atoms with Gasteiger partial charge in [0.25, 0.3) is 5.56 Å². The number of fused-ring (bicyclic) bond motifs is 3. The minimum Gasteiger partial charge on any atom is -0.300 e. The van der Waals surface area contributed by atoms with Crippen LogP contribution in [-0.4, -0.2) is 20.3 Å². The Morgan fingerprint density at radius 3 is 2.88 bits per heavy atom. The van der Waals surface area contributed by atoms with Crippen LogP contribution < -0.4 is 5.56 Å². The largest absolute Gasteiger partial charge is 0.300 e.